The first-order chi connectivity index (χ1) is 9.56. The first kappa shape index (κ1) is 12.9. The lowest BCUT2D eigenvalue weighted by Crippen LogP contribution is -2.21. The SMILES string of the molecule is CC1OCc2cc(-c3ccc(O)c(F)c3F)ccc2O1. The molecule has 1 N–H and O–H groups in total. The minimum atomic E-state index is -1.25. The topological polar surface area (TPSA) is 38.7 Å². The molecule has 104 valence electrons. The van der Waals surface area contributed by atoms with Crippen LogP contribution in [0.15, 0.2) is 30.3 Å². The van der Waals surface area contributed by atoms with E-state index in [9.17, 15) is 8.78 Å². The second kappa shape index (κ2) is 4.76. The fraction of sp³-hybridized carbons (Fsp3) is 0.200. The maximum absolute atomic E-state index is 13.8. The molecule has 0 radical (unpaired) electrons. The van der Waals surface area contributed by atoms with Crippen LogP contribution in [-0.4, -0.2) is 11.4 Å². The van der Waals surface area contributed by atoms with Gasteiger partial charge in [-0.15, -0.1) is 0 Å². The molecule has 5 heteroatoms. The molecule has 0 saturated heterocycles. The van der Waals surface area contributed by atoms with Crippen LogP contribution in [0.5, 0.6) is 11.5 Å². The third-order valence-electron chi connectivity index (χ3n) is 3.20. The summed E-state index contributed by atoms with van der Waals surface area (Å²) in [6.07, 6.45) is -0.323. The number of ether oxygens (including phenoxy) is 2. The van der Waals surface area contributed by atoms with Crippen LogP contribution in [-0.2, 0) is 11.3 Å². The van der Waals surface area contributed by atoms with Gasteiger partial charge >= 0.3 is 0 Å². The van der Waals surface area contributed by atoms with Crippen molar-refractivity contribution < 1.29 is 23.4 Å². The second-order valence-electron chi connectivity index (χ2n) is 4.58. The number of phenolic OH excluding ortho intramolecular Hbond substituents is 1. The zero-order valence-electron chi connectivity index (χ0n) is 10.7. The third kappa shape index (κ3) is 2.10. The predicted octanol–water partition coefficient (Wildman–Crippen LogP) is 3.59. The van der Waals surface area contributed by atoms with E-state index in [0.717, 1.165) is 11.6 Å². The highest BCUT2D eigenvalue weighted by atomic mass is 19.2. The Morgan fingerprint density at radius 2 is 1.95 bits per heavy atom. The monoisotopic (exact) mass is 278 g/mol. The molecule has 20 heavy (non-hydrogen) atoms. The van der Waals surface area contributed by atoms with Gasteiger partial charge in [-0.05, 0) is 36.8 Å². The molecule has 0 aromatic heterocycles. The fourth-order valence-electron chi connectivity index (χ4n) is 2.16. The Hall–Kier alpha value is -2.14. The molecule has 1 atom stereocenters. The molecule has 0 aliphatic carbocycles. The number of aromatic hydroxyl groups is 1. The standard InChI is InChI=1S/C15H12F2O3/c1-8-19-7-10-6-9(2-5-13(10)20-8)11-3-4-12(18)15(17)14(11)16/h2-6,8,18H,7H2,1H3. The summed E-state index contributed by atoms with van der Waals surface area (Å²) in [5, 5.41) is 9.14. The highest BCUT2D eigenvalue weighted by Gasteiger charge is 2.19. The average Bonchev–Trinajstić information content (AvgIpc) is 2.44. The van der Waals surface area contributed by atoms with E-state index in [1.165, 1.54) is 6.07 Å². The number of hydrogen-bond acceptors (Lipinski definition) is 3. The van der Waals surface area contributed by atoms with Gasteiger partial charge in [-0.1, -0.05) is 6.07 Å². The number of phenols is 1. The number of halogens is 2. The van der Waals surface area contributed by atoms with E-state index >= 15 is 0 Å². The van der Waals surface area contributed by atoms with Crippen molar-refractivity contribution in [3.63, 3.8) is 0 Å². The first-order valence-corrected chi connectivity index (χ1v) is 6.15. The van der Waals surface area contributed by atoms with Gasteiger partial charge in [-0.25, -0.2) is 4.39 Å². The van der Waals surface area contributed by atoms with Crippen molar-refractivity contribution >= 4 is 0 Å². The molecule has 0 bridgehead atoms. The molecule has 3 rings (SSSR count). The fourth-order valence-corrected chi connectivity index (χ4v) is 2.16. The van der Waals surface area contributed by atoms with Crippen molar-refractivity contribution in [1.82, 2.24) is 0 Å². The molecule has 0 fully saturated rings. The van der Waals surface area contributed by atoms with Gasteiger partial charge in [0.05, 0.1) is 6.61 Å². The quantitative estimate of drug-likeness (QED) is 0.866. The maximum Gasteiger partial charge on any atom is 0.200 e. The van der Waals surface area contributed by atoms with E-state index in [1.807, 2.05) is 0 Å². The van der Waals surface area contributed by atoms with Gasteiger partial charge < -0.3 is 14.6 Å². The Morgan fingerprint density at radius 3 is 2.75 bits per heavy atom. The van der Waals surface area contributed by atoms with E-state index in [-0.39, 0.29) is 11.9 Å². The molecule has 3 nitrogen and oxygen atoms in total. The van der Waals surface area contributed by atoms with Crippen LogP contribution < -0.4 is 4.74 Å². The van der Waals surface area contributed by atoms with E-state index in [4.69, 9.17) is 14.6 Å². The highest BCUT2D eigenvalue weighted by Crippen LogP contribution is 2.34. The van der Waals surface area contributed by atoms with E-state index < -0.39 is 17.4 Å². The van der Waals surface area contributed by atoms with Gasteiger partial charge in [0, 0.05) is 11.1 Å². The molecule has 0 spiro atoms. The third-order valence-corrected chi connectivity index (χ3v) is 3.20. The van der Waals surface area contributed by atoms with Crippen LogP contribution in [0.25, 0.3) is 11.1 Å². The molecule has 0 saturated carbocycles. The highest BCUT2D eigenvalue weighted by molar-refractivity contribution is 5.67. The molecule has 1 aliphatic rings. The van der Waals surface area contributed by atoms with Crippen LogP contribution >= 0.6 is 0 Å². The van der Waals surface area contributed by atoms with Gasteiger partial charge in [-0.3, -0.25) is 0 Å². The molecule has 2 aromatic carbocycles. The van der Waals surface area contributed by atoms with Crippen LogP contribution in [0.1, 0.15) is 12.5 Å². The van der Waals surface area contributed by atoms with Crippen LogP contribution in [0, 0.1) is 11.6 Å². The van der Waals surface area contributed by atoms with Gasteiger partial charge in [-0.2, -0.15) is 4.39 Å². The van der Waals surface area contributed by atoms with Crippen molar-refractivity contribution in [2.45, 2.75) is 19.8 Å². The van der Waals surface area contributed by atoms with Gasteiger partial charge in [0.25, 0.3) is 0 Å². The lowest BCUT2D eigenvalue weighted by atomic mass is 10.0. The van der Waals surface area contributed by atoms with Crippen molar-refractivity contribution in [2.75, 3.05) is 0 Å². The Labute approximate surface area is 114 Å². The lowest BCUT2D eigenvalue weighted by molar-refractivity contribution is -0.0943. The number of fused-ring (bicyclic) bond motifs is 1. The smallest absolute Gasteiger partial charge is 0.200 e. The van der Waals surface area contributed by atoms with Gasteiger partial charge in [0.15, 0.2) is 17.9 Å². The predicted molar refractivity (Wildman–Crippen MR) is 68.3 cm³/mol. The summed E-state index contributed by atoms with van der Waals surface area (Å²) >= 11 is 0. The molecule has 0 amide bonds. The van der Waals surface area contributed by atoms with Crippen molar-refractivity contribution in [1.29, 1.82) is 0 Å². The number of hydrogen-bond donors (Lipinski definition) is 1. The number of rotatable bonds is 1. The van der Waals surface area contributed by atoms with Gasteiger partial charge in [0.1, 0.15) is 5.75 Å². The van der Waals surface area contributed by atoms with Gasteiger partial charge in [0.2, 0.25) is 5.82 Å². The van der Waals surface area contributed by atoms with E-state index in [0.29, 0.717) is 17.9 Å². The zero-order valence-corrected chi connectivity index (χ0v) is 10.7. The van der Waals surface area contributed by atoms with Crippen LogP contribution in [0.3, 0.4) is 0 Å². The normalized spacial score (nSPS) is 17.4. The second-order valence-corrected chi connectivity index (χ2v) is 4.58. The Kier molecular flexibility index (Phi) is 3.06. The Morgan fingerprint density at radius 1 is 1.15 bits per heavy atom. The van der Waals surface area contributed by atoms with Crippen molar-refractivity contribution in [3.05, 3.63) is 47.5 Å². The largest absolute Gasteiger partial charge is 0.505 e. The summed E-state index contributed by atoms with van der Waals surface area (Å²) in [7, 11) is 0. The molecular formula is C15H12F2O3. The average molecular weight is 278 g/mol. The summed E-state index contributed by atoms with van der Waals surface area (Å²) in [6, 6.07) is 7.50. The van der Waals surface area contributed by atoms with Crippen LogP contribution in [0.4, 0.5) is 8.78 Å². The van der Waals surface area contributed by atoms with E-state index in [1.54, 1.807) is 25.1 Å². The lowest BCUT2D eigenvalue weighted by Gasteiger charge is -2.24. The zero-order chi connectivity index (χ0) is 14.3. The molecule has 1 aliphatic heterocycles. The first-order valence-electron chi connectivity index (χ1n) is 6.15. The summed E-state index contributed by atoms with van der Waals surface area (Å²) in [5.41, 5.74) is 1.36. The molecule has 1 unspecified atom stereocenters. The summed E-state index contributed by atoms with van der Waals surface area (Å²) in [5.74, 6) is -2.35. The Bertz CT molecular complexity index is 670. The molecular weight excluding hydrogens is 266 g/mol. The minimum absolute atomic E-state index is 0.0849. The summed E-state index contributed by atoms with van der Waals surface area (Å²) in [4.78, 5) is 0. The van der Waals surface area contributed by atoms with Crippen LogP contribution in [0.2, 0.25) is 0 Å². The Balaban J connectivity index is 2.06. The van der Waals surface area contributed by atoms with E-state index in [2.05, 4.69) is 0 Å². The maximum atomic E-state index is 13.8. The minimum Gasteiger partial charge on any atom is -0.505 e. The summed E-state index contributed by atoms with van der Waals surface area (Å²) < 4.78 is 38.0. The molecule has 2 aromatic rings. The van der Waals surface area contributed by atoms with Crippen molar-refractivity contribution in [2.24, 2.45) is 0 Å². The van der Waals surface area contributed by atoms with Crippen molar-refractivity contribution in [3.8, 4) is 22.6 Å². The molecule has 1 heterocycles. The summed E-state index contributed by atoms with van der Waals surface area (Å²) in [6.45, 7) is 2.14. The number of benzene rings is 2.